The molecular weight excluding hydrogens is 232 g/mol. The second kappa shape index (κ2) is 10.6. The molecule has 0 aromatic rings. The maximum absolute atomic E-state index is 11.3. The second-order valence-corrected chi connectivity index (χ2v) is 4.19. The zero-order valence-corrected chi connectivity index (χ0v) is 11.3. The summed E-state index contributed by atoms with van der Waals surface area (Å²) in [5, 5.41) is 2.35. The van der Waals surface area contributed by atoms with E-state index in [0.717, 1.165) is 25.7 Å². The van der Waals surface area contributed by atoms with E-state index in [1.54, 1.807) is 0 Å². The van der Waals surface area contributed by atoms with Crippen LogP contribution in [0.15, 0.2) is 12.2 Å². The summed E-state index contributed by atoms with van der Waals surface area (Å²) in [7, 11) is 0. The quantitative estimate of drug-likeness (QED) is 0.489. The Kier molecular flexibility index (Phi) is 9.73. The lowest BCUT2D eigenvalue weighted by molar-refractivity contribution is -0.139. The molecular formula is C13H24N2O3. The van der Waals surface area contributed by atoms with Crippen LogP contribution in [0.25, 0.3) is 0 Å². The number of nitrogens with one attached hydrogen (secondary N) is 1. The van der Waals surface area contributed by atoms with E-state index in [1.165, 1.54) is 12.2 Å². The Hall–Kier alpha value is -1.52. The van der Waals surface area contributed by atoms with Gasteiger partial charge in [0.15, 0.2) is 0 Å². The van der Waals surface area contributed by atoms with Crippen molar-refractivity contribution in [2.75, 3.05) is 13.2 Å². The summed E-state index contributed by atoms with van der Waals surface area (Å²) in [5.74, 6) is 0.0577. The first kappa shape index (κ1) is 16.5. The molecule has 18 heavy (non-hydrogen) atoms. The number of hydrogen-bond donors (Lipinski definition) is 2. The van der Waals surface area contributed by atoms with E-state index in [4.69, 9.17) is 10.5 Å². The molecule has 0 aromatic heterocycles. The molecule has 0 aliphatic heterocycles. The van der Waals surface area contributed by atoms with Gasteiger partial charge in [0.25, 0.3) is 0 Å². The predicted octanol–water partition coefficient (Wildman–Crippen LogP) is 1.97. The Balaban J connectivity index is 3.76. The molecule has 0 spiro atoms. The minimum atomic E-state index is -0.612. The highest BCUT2D eigenvalue weighted by Crippen LogP contribution is 2.12. The van der Waals surface area contributed by atoms with Crippen LogP contribution < -0.4 is 11.1 Å². The topological polar surface area (TPSA) is 81.4 Å². The molecule has 0 fully saturated rings. The average Bonchev–Trinajstić information content (AvgIpc) is 2.34. The van der Waals surface area contributed by atoms with Crippen LogP contribution >= 0.6 is 0 Å². The Morgan fingerprint density at radius 3 is 2.67 bits per heavy atom. The number of ether oxygens (including phenoxy) is 1. The first-order valence-corrected chi connectivity index (χ1v) is 6.46. The minimum Gasteiger partial charge on any atom is -0.462 e. The zero-order chi connectivity index (χ0) is 13.8. The highest BCUT2D eigenvalue weighted by atomic mass is 16.5. The Bertz CT molecular complexity index is 277. The molecule has 0 saturated heterocycles. The third-order valence-corrected chi connectivity index (χ3v) is 2.65. The largest absolute Gasteiger partial charge is 0.462 e. The summed E-state index contributed by atoms with van der Waals surface area (Å²) >= 11 is 0. The van der Waals surface area contributed by atoms with Crippen LogP contribution in [-0.4, -0.2) is 25.2 Å². The summed E-state index contributed by atoms with van der Waals surface area (Å²) < 4.78 is 5.13. The van der Waals surface area contributed by atoms with Crippen molar-refractivity contribution in [3.05, 3.63) is 12.2 Å². The fourth-order valence-electron chi connectivity index (χ4n) is 1.46. The molecule has 2 amide bonds. The van der Waals surface area contributed by atoms with E-state index in [-0.39, 0.29) is 12.5 Å². The number of nitrogens with two attached hydrogens (primary N) is 1. The number of carbonyl (C=O) groups excluding carboxylic acids is 2. The van der Waals surface area contributed by atoms with Crippen LogP contribution in [0.5, 0.6) is 0 Å². The van der Waals surface area contributed by atoms with Gasteiger partial charge in [-0.15, -0.1) is 0 Å². The van der Waals surface area contributed by atoms with Gasteiger partial charge in [-0.05, 0) is 12.3 Å². The fourth-order valence-corrected chi connectivity index (χ4v) is 1.46. The number of carbonyl (C=O) groups is 2. The lowest BCUT2D eigenvalue weighted by Crippen LogP contribution is -2.29. The summed E-state index contributed by atoms with van der Waals surface area (Å²) in [4.78, 5) is 21.7. The molecule has 0 aromatic carbocycles. The lowest BCUT2D eigenvalue weighted by Gasteiger charge is -2.13. The van der Waals surface area contributed by atoms with E-state index in [0.29, 0.717) is 12.5 Å². The highest BCUT2D eigenvalue weighted by molar-refractivity contribution is 5.82. The van der Waals surface area contributed by atoms with Crippen LogP contribution in [-0.2, 0) is 9.53 Å². The molecule has 0 saturated carbocycles. The van der Waals surface area contributed by atoms with E-state index < -0.39 is 6.03 Å². The van der Waals surface area contributed by atoms with Crippen molar-refractivity contribution in [3.63, 3.8) is 0 Å². The van der Waals surface area contributed by atoms with Crippen molar-refractivity contribution in [3.8, 4) is 0 Å². The lowest BCUT2D eigenvalue weighted by atomic mass is 10.0. The predicted molar refractivity (Wildman–Crippen MR) is 71.0 cm³/mol. The van der Waals surface area contributed by atoms with Crippen LogP contribution in [0, 0.1) is 5.92 Å². The molecule has 0 aliphatic rings. The van der Waals surface area contributed by atoms with E-state index in [2.05, 4.69) is 19.2 Å². The third kappa shape index (κ3) is 9.69. The van der Waals surface area contributed by atoms with Gasteiger partial charge in [-0.25, -0.2) is 9.59 Å². The maximum atomic E-state index is 11.3. The van der Waals surface area contributed by atoms with Crippen molar-refractivity contribution in [2.45, 2.75) is 39.5 Å². The number of primary amides is 1. The molecule has 1 atom stereocenters. The molecule has 0 rings (SSSR count). The summed E-state index contributed by atoms with van der Waals surface area (Å²) in [6.07, 6.45) is 7.24. The summed E-state index contributed by atoms with van der Waals surface area (Å²) in [6, 6.07) is -0.612. The third-order valence-electron chi connectivity index (χ3n) is 2.65. The van der Waals surface area contributed by atoms with Gasteiger partial charge in [-0.3, -0.25) is 0 Å². The van der Waals surface area contributed by atoms with Gasteiger partial charge < -0.3 is 15.8 Å². The number of unbranched alkanes of at least 4 members (excludes halogenated alkanes) is 1. The second-order valence-electron chi connectivity index (χ2n) is 4.19. The van der Waals surface area contributed by atoms with Crippen LogP contribution in [0.4, 0.5) is 4.79 Å². The smallest absolute Gasteiger partial charge is 0.330 e. The van der Waals surface area contributed by atoms with Crippen LogP contribution in [0.1, 0.15) is 39.5 Å². The molecule has 5 nitrogen and oxygen atoms in total. The van der Waals surface area contributed by atoms with Gasteiger partial charge in [0.2, 0.25) is 0 Å². The monoisotopic (exact) mass is 256 g/mol. The van der Waals surface area contributed by atoms with E-state index in [1.807, 2.05) is 0 Å². The Morgan fingerprint density at radius 1 is 1.39 bits per heavy atom. The highest BCUT2D eigenvalue weighted by Gasteiger charge is 2.07. The van der Waals surface area contributed by atoms with Gasteiger partial charge in [-0.1, -0.05) is 39.2 Å². The molecule has 1 unspecified atom stereocenters. The summed E-state index contributed by atoms with van der Waals surface area (Å²) in [5.41, 5.74) is 4.87. The van der Waals surface area contributed by atoms with Crippen LogP contribution in [0.3, 0.4) is 0 Å². The van der Waals surface area contributed by atoms with Crippen molar-refractivity contribution in [2.24, 2.45) is 11.7 Å². The molecule has 0 bridgehead atoms. The SMILES string of the molecule is CCCCC(CC)COC(=O)C=CCNC(N)=O. The molecule has 3 N–H and O–H groups in total. The van der Waals surface area contributed by atoms with Gasteiger partial charge in [0.1, 0.15) is 0 Å². The van der Waals surface area contributed by atoms with Gasteiger partial charge in [-0.2, -0.15) is 0 Å². The maximum Gasteiger partial charge on any atom is 0.330 e. The van der Waals surface area contributed by atoms with Crippen molar-refractivity contribution in [1.82, 2.24) is 5.32 Å². The first-order valence-electron chi connectivity index (χ1n) is 6.46. The average molecular weight is 256 g/mol. The van der Waals surface area contributed by atoms with Crippen molar-refractivity contribution >= 4 is 12.0 Å². The Labute approximate surface area is 109 Å². The molecule has 0 aliphatic carbocycles. The first-order chi connectivity index (χ1) is 8.60. The molecule has 0 heterocycles. The van der Waals surface area contributed by atoms with E-state index >= 15 is 0 Å². The fraction of sp³-hybridized carbons (Fsp3) is 0.692. The normalized spacial score (nSPS) is 12.3. The number of rotatable bonds is 9. The minimum absolute atomic E-state index is 0.234. The number of esters is 1. The van der Waals surface area contributed by atoms with Gasteiger partial charge in [0, 0.05) is 12.6 Å². The Morgan fingerprint density at radius 2 is 2.11 bits per heavy atom. The standard InChI is InChI=1S/C13H24N2O3/c1-3-5-7-11(4-2)10-18-12(16)8-6-9-15-13(14)17/h6,8,11H,3-5,7,9-10H2,1-2H3,(H3,14,15,17). The van der Waals surface area contributed by atoms with Crippen molar-refractivity contribution in [1.29, 1.82) is 0 Å². The number of hydrogen-bond acceptors (Lipinski definition) is 3. The van der Waals surface area contributed by atoms with Crippen molar-refractivity contribution < 1.29 is 14.3 Å². The van der Waals surface area contributed by atoms with E-state index in [9.17, 15) is 9.59 Å². The van der Waals surface area contributed by atoms with Gasteiger partial charge in [0.05, 0.1) is 6.61 Å². The van der Waals surface area contributed by atoms with Crippen LogP contribution in [0.2, 0.25) is 0 Å². The molecule has 104 valence electrons. The summed E-state index contributed by atoms with van der Waals surface area (Å²) in [6.45, 7) is 4.94. The molecule has 0 radical (unpaired) electrons. The van der Waals surface area contributed by atoms with Gasteiger partial charge >= 0.3 is 12.0 Å². The number of urea groups is 1. The zero-order valence-electron chi connectivity index (χ0n) is 11.3. The number of amides is 2. The molecule has 5 heteroatoms.